The molecule has 0 saturated carbocycles. The van der Waals surface area contributed by atoms with Crippen molar-refractivity contribution in [2.75, 3.05) is 11.9 Å². The van der Waals surface area contributed by atoms with E-state index in [-0.39, 0.29) is 5.75 Å². The van der Waals surface area contributed by atoms with E-state index in [4.69, 9.17) is 0 Å². The van der Waals surface area contributed by atoms with E-state index in [0.717, 1.165) is 16.9 Å². The molecule has 0 spiro atoms. The van der Waals surface area contributed by atoms with E-state index in [1.54, 1.807) is 12.1 Å². The second kappa shape index (κ2) is 4.07. The molecule has 0 saturated heterocycles. The molecule has 0 bridgehead atoms. The Morgan fingerprint density at radius 2 is 1.89 bits per heavy atom. The summed E-state index contributed by atoms with van der Waals surface area (Å²) in [6, 6.07) is 13.1. The molecule has 2 heterocycles. The highest BCUT2D eigenvalue weighted by atomic mass is 16.3. The summed E-state index contributed by atoms with van der Waals surface area (Å²) in [4.78, 5) is 2.04. The van der Waals surface area contributed by atoms with Gasteiger partial charge in [-0.25, -0.2) is 4.52 Å². The second-order valence-electron chi connectivity index (χ2n) is 4.14. The highest BCUT2D eigenvalue weighted by Crippen LogP contribution is 2.28. The van der Waals surface area contributed by atoms with Crippen molar-refractivity contribution in [2.45, 2.75) is 0 Å². The number of benzene rings is 1. The molecule has 4 nitrogen and oxygen atoms in total. The van der Waals surface area contributed by atoms with Crippen molar-refractivity contribution in [3.8, 4) is 5.75 Å². The maximum absolute atomic E-state index is 9.31. The van der Waals surface area contributed by atoms with E-state index >= 15 is 0 Å². The van der Waals surface area contributed by atoms with Crippen LogP contribution in [0.25, 0.3) is 5.52 Å². The molecule has 0 aliphatic carbocycles. The molecular weight excluding hydrogens is 226 g/mol. The van der Waals surface area contributed by atoms with Gasteiger partial charge in [-0.05, 0) is 36.4 Å². The Hall–Kier alpha value is -2.49. The maximum Gasteiger partial charge on any atom is 0.115 e. The summed E-state index contributed by atoms with van der Waals surface area (Å²) < 4.78 is 1.84. The molecule has 3 rings (SSSR count). The average Bonchev–Trinajstić information content (AvgIpc) is 2.82. The monoisotopic (exact) mass is 239 g/mol. The number of hydrogen-bond acceptors (Lipinski definition) is 3. The molecule has 90 valence electrons. The molecule has 0 radical (unpaired) electrons. The van der Waals surface area contributed by atoms with Gasteiger partial charge in [-0.1, -0.05) is 6.07 Å². The molecule has 1 N–H and O–H groups in total. The SMILES string of the molecule is CN(c1ccc(O)cc1)c1cnn2ccccc12. The van der Waals surface area contributed by atoms with Crippen LogP contribution in [-0.4, -0.2) is 21.8 Å². The van der Waals surface area contributed by atoms with Crippen LogP contribution in [-0.2, 0) is 0 Å². The zero-order valence-corrected chi connectivity index (χ0v) is 9.99. The van der Waals surface area contributed by atoms with Gasteiger partial charge in [0, 0.05) is 18.9 Å². The lowest BCUT2D eigenvalue weighted by Gasteiger charge is -2.17. The minimum absolute atomic E-state index is 0.270. The lowest BCUT2D eigenvalue weighted by atomic mass is 10.2. The Bertz CT molecular complexity index is 673. The first-order chi connectivity index (χ1) is 8.75. The van der Waals surface area contributed by atoms with Crippen LogP contribution >= 0.6 is 0 Å². The first-order valence-corrected chi connectivity index (χ1v) is 5.71. The van der Waals surface area contributed by atoms with E-state index in [1.165, 1.54) is 0 Å². The van der Waals surface area contributed by atoms with Crippen molar-refractivity contribution in [3.05, 3.63) is 54.9 Å². The van der Waals surface area contributed by atoms with Crippen molar-refractivity contribution in [3.63, 3.8) is 0 Å². The van der Waals surface area contributed by atoms with Gasteiger partial charge >= 0.3 is 0 Å². The molecule has 18 heavy (non-hydrogen) atoms. The molecule has 3 aromatic rings. The average molecular weight is 239 g/mol. The van der Waals surface area contributed by atoms with Crippen molar-refractivity contribution >= 4 is 16.9 Å². The molecule has 0 unspecified atom stereocenters. The van der Waals surface area contributed by atoms with Crippen LogP contribution in [0, 0.1) is 0 Å². The third-order valence-electron chi connectivity index (χ3n) is 3.00. The molecule has 4 heteroatoms. The van der Waals surface area contributed by atoms with Gasteiger partial charge in [-0.2, -0.15) is 5.10 Å². The summed E-state index contributed by atoms with van der Waals surface area (Å²) in [5.41, 5.74) is 3.08. The molecular formula is C14H13N3O. The second-order valence-corrected chi connectivity index (χ2v) is 4.14. The van der Waals surface area contributed by atoms with E-state index in [1.807, 2.05) is 59.2 Å². The first-order valence-electron chi connectivity index (χ1n) is 5.71. The van der Waals surface area contributed by atoms with Gasteiger partial charge in [-0.15, -0.1) is 0 Å². The fourth-order valence-electron chi connectivity index (χ4n) is 1.99. The predicted octanol–water partition coefficient (Wildman–Crippen LogP) is 2.81. The van der Waals surface area contributed by atoms with Gasteiger partial charge in [0.2, 0.25) is 0 Å². The van der Waals surface area contributed by atoms with Gasteiger partial charge < -0.3 is 10.0 Å². The summed E-state index contributed by atoms with van der Waals surface area (Å²) in [5, 5.41) is 13.6. The Kier molecular flexibility index (Phi) is 2.41. The Morgan fingerprint density at radius 1 is 1.11 bits per heavy atom. The maximum atomic E-state index is 9.31. The van der Waals surface area contributed by atoms with Crippen LogP contribution in [0.3, 0.4) is 0 Å². The van der Waals surface area contributed by atoms with E-state index < -0.39 is 0 Å². The molecule has 2 aromatic heterocycles. The molecule has 0 fully saturated rings. The Morgan fingerprint density at radius 3 is 2.67 bits per heavy atom. The zero-order valence-electron chi connectivity index (χ0n) is 9.99. The van der Waals surface area contributed by atoms with Crippen LogP contribution in [0.1, 0.15) is 0 Å². The normalized spacial score (nSPS) is 10.7. The summed E-state index contributed by atoms with van der Waals surface area (Å²) in [6.07, 6.45) is 3.76. The lowest BCUT2D eigenvalue weighted by molar-refractivity contribution is 0.475. The van der Waals surface area contributed by atoms with Gasteiger partial charge in [0.25, 0.3) is 0 Å². The Balaban J connectivity index is 2.06. The summed E-state index contributed by atoms with van der Waals surface area (Å²) in [5.74, 6) is 0.270. The molecule has 0 aliphatic heterocycles. The fourth-order valence-corrected chi connectivity index (χ4v) is 1.99. The smallest absolute Gasteiger partial charge is 0.115 e. The molecule has 0 aliphatic rings. The van der Waals surface area contributed by atoms with Crippen LogP contribution in [0.2, 0.25) is 0 Å². The van der Waals surface area contributed by atoms with Crippen molar-refractivity contribution < 1.29 is 5.11 Å². The van der Waals surface area contributed by atoms with Crippen LogP contribution in [0.5, 0.6) is 5.75 Å². The molecule has 0 atom stereocenters. The Labute approximate surface area is 105 Å². The number of aromatic hydroxyl groups is 1. The standard InChI is InChI=1S/C14H13N3O/c1-16(11-5-7-12(18)8-6-11)14-10-15-17-9-3-2-4-13(14)17/h2-10,18H,1H3. The minimum atomic E-state index is 0.270. The van der Waals surface area contributed by atoms with Crippen LogP contribution in [0.15, 0.2) is 54.9 Å². The number of fused-ring (bicyclic) bond motifs is 1. The first kappa shape index (κ1) is 10.7. The van der Waals surface area contributed by atoms with Crippen LogP contribution in [0.4, 0.5) is 11.4 Å². The minimum Gasteiger partial charge on any atom is -0.508 e. The summed E-state index contributed by atoms with van der Waals surface area (Å²) >= 11 is 0. The van der Waals surface area contributed by atoms with Crippen molar-refractivity contribution in [1.29, 1.82) is 0 Å². The lowest BCUT2D eigenvalue weighted by Crippen LogP contribution is -2.08. The van der Waals surface area contributed by atoms with E-state index in [2.05, 4.69) is 5.10 Å². The van der Waals surface area contributed by atoms with Crippen molar-refractivity contribution in [2.24, 2.45) is 0 Å². The summed E-state index contributed by atoms with van der Waals surface area (Å²) in [7, 11) is 1.98. The number of phenolic OH excluding ortho intramolecular Hbond substituents is 1. The van der Waals surface area contributed by atoms with E-state index in [0.29, 0.717) is 0 Å². The topological polar surface area (TPSA) is 40.8 Å². The number of anilines is 2. The predicted molar refractivity (Wildman–Crippen MR) is 71.4 cm³/mol. The van der Waals surface area contributed by atoms with Gasteiger partial charge in [0.1, 0.15) is 5.75 Å². The van der Waals surface area contributed by atoms with Gasteiger partial charge in [-0.3, -0.25) is 0 Å². The third-order valence-corrected chi connectivity index (χ3v) is 3.00. The number of phenols is 1. The van der Waals surface area contributed by atoms with Crippen LogP contribution < -0.4 is 4.90 Å². The number of aromatic nitrogens is 2. The number of pyridine rings is 1. The fraction of sp³-hybridized carbons (Fsp3) is 0.0714. The number of rotatable bonds is 2. The zero-order chi connectivity index (χ0) is 12.5. The van der Waals surface area contributed by atoms with Gasteiger partial charge in [0.05, 0.1) is 17.4 Å². The van der Waals surface area contributed by atoms with Gasteiger partial charge in [0.15, 0.2) is 0 Å². The van der Waals surface area contributed by atoms with Crippen molar-refractivity contribution in [1.82, 2.24) is 9.61 Å². The highest BCUT2D eigenvalue weighted by molar-refractivity contribution is 5.77. The highest BCUT2D eigenvalue weighted by Gasteiger charge is 2.09. The quantitative estimate of drug-likeness (QED) is 0.747. The molecule has 0 amide bonds. The van der Waals surface area contributed by atoms with E-state index in [9.17, 15) is 5.11 Å². The molecule has 1 aromatic carbocycles. The summed E-state index contributed by atoms with van der Waals surface area (Å²) in [6.45, 7) is 0. The number of hydrogen-bond donors (Lipinski definition) is 1. The third kappa shape index (κ3) is 1.68. The number of nitrogens with zero attached hydrogens (tertiary/aromatic N) is 3. The largest absolute Gasteiger partial charge is 0.508 e.